The number of hydrogen-bond donors (Lipinski definition) is 1. The molecule has 0 spiro atoms. The van der Waals surface area contributed by atoms with Gasteiger partial charge >= 0.3 is 0 Å². The first kappa shape index (κ1) is 26.7. The van der Waals surface area contributed by atoms with E-state index >= 15 is 0 Å². The van der Waals surface area contributed by atoms with E-state index in [1.165, 1.54) is 5.56 Å². The lowest BCUT2D eigenvalue weighted by molar-refractivity contribution is -0.141. The quantitative estimate of drug-likeness (QED) is 0.323. The molecule has 4 nitrogen and oxygen atoms in total. The summed E-state index contributed by atoms with van der Waals surface area (Å²) in [6.45, 7) is 7.14. The lowest BCUT2D eigenvalue weighted by Gasteiger charge is -2.32. The molecule has 35 heavy (non-hydrogen) atoms. The van der Waals surface area contributed by atoms with Gasteiger partial charge in [0.25, 0.3) is 0 Å². The molecule has 0 aliphatic heterocycles. The number of aryl methyl sites for hydroxylation is 2. The maximum atomic E-state index is 13.7. The Balaban J connectivity index is 1.89. The standard InChI is InChI=1S/C30H35BrN2O2/c1-22(2)20-32-30(35)28(19-25-8-5-4-6-9-25)33(21-26-10-7-11-27(31)18-26)29(34)17-16-24-14-12-23(3)13-15-24/h4-15,18,22,28H,16-17,19-21H2,1-3H3,(H,32,35). The number of carbonyl (C=O) groups is 2. The lowest BCUT2D eigenvalue weighted by atomic mass is 10.0. The second-order valence-corrected chi connectivity index (χ2v) is 10.4. The zero-order valence-electron chi connectivity index (χ0n) is 20.8. The van der Waals surface area contributed by atoms with E-state index in [-0.39, 0.29) is 11.8 Å². The van der Waals surface area contributed by atoms with E-state index in [1.54, 1.807) is 4.90 Å². The highest BCUT2D eigenvalue weighted by molar-refractivity contribution is 9.10. The van der Waals surface area contributed by atoms with Crippen molar-refractivity contribution >= 4 is 27.7 Å². The van der Waals surface area contributed by atoms with Crippen LogP contribution in [0.15, 0.2) is 83.3 Å². The fourth-order valence-electron chi connectivity index (χ4n) is 3.96. The van der Waals surface area contributed by atoms with Gasteiger partial charge in [-0.15, -0.1) is 0 Å². The zero-order chi connectivity index (χ0) is 25.2. The summed E-state index contributed by atoms with van der Waals surface area (Å²) in [7, 11) is 0. The second kappa shape index (κ2) is 13.2. The van der Waals surface area contributed by atoms with Crippen molar-refractivity contribution in [3.63, 3.8) is 0 Å². The number of carbonyl (C=O) groups excluding carboxylic acids is 2. The van der Waals surface area contributed by atoms with Gasteiger partial charge in [0.2, 0.25) is 11.8 Å². The van der Waals surface area contributed by atoms with E-state index in [4.69, 9.17) is 0 Å². The molecule has 1 N–H and O–H groups in total. The second-order valence-electron chi connectivity index (χ2n) is 9.48. The van der Waals surface area contributed by atoms with Gasteiger partial charge in [0.15, 0.2) is 0 Å². The third kappa shape index (κ3) is 8.66. The van der Waals surface area contributed by atoms with Crippen molar-refractivity contribution in [3.05, 3.63) is 106 Å². The number of rotatable bonds is 11. The van der Waals surface area contributed by atoms with E-state index in [0.717, 1.165) is 21.2 Å². The molecule has 0 saturated heterocycles. The van der Waals surface area contributed by atoms with E-state index in [9.17, 15) is 9.59 Å². The molecule has 5 heteroatoms. The fraction of sp³-hybridized carbons (Fsp3) is 0.333. The average molecular weight is 536 g/mol. The first-order valence-corrected chi connectivity index (χ1v) is 13.0. The maximum absolute atomic E-state index is 13.7. The molecule has 3 aromatic carbocycles. The van der Waals surface area contributed by atoms with E-state index in [2.05, 4.69) is 66.3 Å². The molecule has 0 radical (unpaired) electrons. The Bertz CT molecular complexity index is 1100. The molecule has 3 aromatic rings. The van der Waals surface area contributed by atoms with E-state index in [1.807, 2.05) is 54.6 Å². The van der Waals surface area contributed by atoms with Gasteiger partial charge in [-0.2, -0.15) is 0 Å². The minimum Gasteiger partial charge on any atom is -0.354 e. The van der Waals surface area contributed by atoms with Gasteiger partial charge in [0.05, 0.1) is 0 Å². The Kier molecular flexibility index (Phi) is 10.1. The van der Waals surface area contributed by atoms with Crippen molar-refractivity contribution in [3.8, 4) is 0 Å². The topological polar surface area (TPSA) is 49.4 Å². The van der Waals surface area contributed by atoms with Crippen molar-refractivity contribution in [2.75, 3.05) is 6.54 Å². The summed E-state index contributed by atoms with van der Waals surface area (Å²) in [5, 5.41) is 3.07. The van der Waals surface area contributed by atoms with Gasteiger partial charge in [0, 0.05) is 30.4 Å². The van der Waals surface area contributed by atoms with Crippen LogP contribution in [0.4, 0.5) is 0 Å². The maximum Gasteiger partial charge on any atom is 0.243 e. The van der Waals surface area contributed by atoms with Crippen molar-refractivity contribution < 1.29 is 9.59 Å². The van der Waals surface area contributed by atoms with Crippen molar-refractivity contribution in [1.29, 1.82) is 0 Å². The third-order valence-electron chi connectivity index (χ3n) is 5.95. The summed E-state index contributed by atoms with van der Waals surface area (Å²) < 4.78 is 0.950. The lowest BCUT2D eigenvalue weighted by Crippen LogP contribution is -2.51. The number of halogens is 1. The van der Waals surface area contributed by atoms with Crippen LogP contribution in [0.3, 0.4) is 0 Å². The molecule has 184 valence electrons. The monoisotopic (exact) mass is 534 g/mol. The Morgan fingerprint density at radius 3 is 2.23 bits per heavy atom. The molecule has 1 unspecified atom stereocenters. The minimum atomic E-state index is -0.597. The molecular weight excluding hydrogens is 500 g/mol. The van der Waals surface area contributed by atoms with Crippen LogP contribution in [0.1, 0.15) is 42.5 Å². The van der Waals surface area contributed by atoms with Crippen molar-refractivity contribution in [2.24, 2.45) is 5.92 Å². The predicted octanol–water partition coefficient (Wildman–Crippen LogP) is 6.10. The molecule has 1 atom stereocenters. The van der Waals surface area contributed by atoms with Gasteiger partial charge in [0.1, 0.15) is 6.04 Å². The summed E-state index contributed by atoms with van der Waals surface area (Å²) in [6, 6.07) is 25.5. The van der Waals surface area contributed by atoms with Crippen LogP contribution >= 0.6 is 15.9 Å². The summed E-state index contributed by atoms with van der Waals surface area (Å²) in [5.74, 6) is 0.194. The van der Waals surface area contributed by atoms with Crippen molar-refractivity contribution in [1.82, 2.24) is 10.2 Å². The summed E-state index contributed by atoms with van der Waals surface area (Å²) in [6.07, 6.45) is 1.45. The van der Waals surface area contributed by atoms with Crippen LogP contribution in [-0.2, 0) is 29.0 Å². The largest absolute Gasteiger partial charge is 0.354 e. The molecule has 0 aliphatic carbocycles. The van der Waals surface area contributed by atoms with Gasteiger partial charge in [-0.1, -0.05) is 102 Å². The Hall–Kier alpha value is -2.92. The smallest absolute Gasteiger partial charge is 0.243 e. The number of nitrogens with zero attached hydrogens (tertiary/aromatic N) is 1. The Morgan fingerprint density at radius 2 is 1.57 bits per heavy atom. The van der Waals surface area contributed by atoms with Crippen LogP contribution in [-0.4, -0.2) is 29.3 Å². The number of nitrogens with one attached hydrogen (secondary N) is 1. The van der Waals surface area contributed by atoms with Gasteiger partial charge in [-0.3, -0.25) is 9.59 Å². The molecule has 0 saturated carbocycles. The number of benzene rings is 3. The molecular formula is C30H35BrN2O2. The van der Waals surface area contributed by atoms with Gasteiger partial charge in [-0.05, 0) is 48.1 Å². The van der Waals surface area contributed by atoms with Crippen LogP contribution in [0.2, 0.25) is 0 Å². The molecule has 2 amide bonds. The normalized spacial score (nSPS) is 11.8. The van der Waals surface area contributed by atoms with E-state index in [0.29, 0.717) is 38.3 Å². The first-order valence-electron chi connectivity index (χ1n) is 12.2. The zero-order valence-corrected chi connectivity index (χ0v) is 22.4. The summed E-state index contributed by atoms with van der Waals surface area (Å²) in [5.41, 5.74) is 4.33. The van der Waals surface area contributed by atoms with Crippen molar-refractivity contribution in [2.45, 2.75) is 52.6 Å². The van der Waals surface area contributed by atoms with Gasteiger partial charge in [-0.25, -0.2) is 0 Å². The fourth-order valence-corrected chi connectivity index (χ4v) is 4.40. The Labute approximate surface area is 217 Å². The number of hydrogen-bond acceptors (Lipinski definition) is 2. The van der Waals surface area contributed by atoms with Crippen LogP contribution in [0.5, 0.6) is 0 Å². The highest BCUT2D eigenvalue weighted by Crippen LogP contribution is 2.19. The molecule has 0 fully saturated rings. The highest BCUT2D eigenvalue weighted by atomic mass is 79.9. The molecule has 0 aromatic heterocycles. The van der Waals surface area contributed by atoms with Crippen LogP contribution in [0, 0.1) is 12.8 Å². The molecule has 0 aliphatic rings. The molecule has 0 heterocycles. The van der Waals surface area contributed by atoms with Gasteiger partial charge < -0.3 is 10.2 Å². The highest BCUT2D eigenvalue weighted by Gasteiger charge is 2.30. The SMILES string of the molecule is Cc1ccc(CCC(=O)N(Cc2cccc(Br)c2)C(Cc2ccccc2)C(=O)NCC(C)C)cc1. The van der Waals surface area contributed by atoms with E-state index < -0.39 is 6.04 Å². The molecule has 0 bridgehead atoms. The first-order chi connectivity index (χ1) is 16.8. The summed E-state index contributed by atoms with van der Waals surface area (Å²) >= 11 is 3.53. The Morgan fingerprint density at radius 1 is 0.886 bits per heavy atom. The van der Waals surface area contributed by atoms with Crippen LogP contribution in [0.25, 0.3) is 0 Å². The summed E-state index contributed by atoms with van der Waals surface area (Å²) in [4.78, 5) is 28.9. The number of amides is 2. The predicted molar refractivity (Wildman–Crippen MR) is 146 cm³/mol. The average Bonchev–Trinajstić information content (AvgIpc) is 2.85. The van der Waals surface area contributed by atoms with Crippen LogP contribution < -0.4 is 5.32 Å². The third-order valence-corrected chi connectivity index (χ3v) is 6.44. The molecule has 3 rings (SSSR count). The minimum absolute atomic E-state index is 0.0221.